The van der Waals surface area contributed by atoms with Gasteiger partial charge in [0.15, 0.2) is 11.5 Å². The van der Waals surface area contributed by atoms with Crippen LogP contribution < -0.4 is 9.47 Å². The van der Waals surface area contributed by atoms with Gasteiger partial charge in [-0.3, -0.25) is 9.59 Å². The Morgan fingerprint density at radius 3 is 2.75 bits per heavy atom. The van der Waals surface area contributed by atoms with Crippen molar-refractivity contribution in [2.75, 3.05) is 45.9 Å². The molecule has 0 radical (unpaired) electrons. The Morgan fingerprint density at radius 1 is 1.21 bits per heavy atom. The van der Waals surface area contributed by atoms with E-state index in [4.69, 9.17) is 9.47 Å². The maximum atomic E-state index is 13.4. The molecule has 0 aromatic heterocycles. The minimum Gasteiger partial charge on any atom is -0.493 e. The van der Waals surface area contributed by atoms with E-state index in [0.29, 0.717) is 37.6 Å². The van der Waals surface area contributed by atoms with Crippen LogP contribution in [0.5, 0.6) is 11.5 Å². The Bertz CT molecular complexity index is 726. The molecule has 1 aromatic carbocycles. The predicted octanol–water partition coefficient (Wildman–Crippen LogP) is 2.80. The third kappa shape index (κ3) is 4.09. The van der Waals surface area contributed by atoms with E-state index in [1.807, 2.05) is 34.3 Å². The molecular weight excluding hydrogens is 376 g/mol. The first-order valence-electron chi connectivity index (χ1n) is 9.80. The number of hydrogen-bond donors (Lipinski definition) is 0. The topological polar surface area (TPSA) is 59.1 Å². The minimum absolute atomic E-state index is 0.170. The summed E-state index contributed by atoms with van der Waals surface area (Å²) in [6.45, 7) is 2.49. The van der Waals surface area contributed by atoms with Gasteiger partial charge in [0, 0.05) is 43.9 Å². The third-order valence-corrected chi connectivity index (χ3v) is 6.51. The van der Waals surface area contributed by atoms with E-state index < -0.39 is 5.41 Å². The largest absolute Gasteiger partial charge is 0.493 e. The van der Waals surface area contributed by atoms with Gasteiger partial charge in [0.05, 0.1) is 19.6 Å². The molecule has 0 saturated carbocycles. The average Bonchev–Trinajstić information content (AvgIpc) is 3.14. The first kappa shape index (κ1) is 20.8. The number of thioether (sulfide) groups is 1. The van der Waals surface area contributed by atoms with Gasteiger partial charge in [-0.1, -0.05) is 12.1 Å². The Kier molecular flexibility index (Phi) is 6.75. The Hall–Kier alpha value is -1.89. The van der Waals surface area contributed by atoms with Gasteiger partial charge in [0.1, 0.15) is 0 Å². The van der Waals surface area contributed by atoms with Crippen molar-refractivity contribution in [3.63, 3.8) is 0 Å². The van der Waals surface area contributed by atoms with Crippen molar-refractivity contribution in [2.45, 2.75) is 32.2 Å². The van der Waals surface area contributed by atoms with Crippen molar-refractivity contribution in [1.82, 2.24) is 9.80 Å². The molecule has 2 heterocycles. The number of hydrogen-bond acceptors (Lipinski definition) is 5. The molecule has 0 N–H and O–H groups in total. The van der Waals surface area contributed by atoms with Gasteiger partial charge >= 0.3 is 0 Å². The highest BCUT2D eigenvalue weighted by Gasteiger charge is 2.49. The third-order valence-electron chi connectivity index (χ3n) is 5.90. The van der Waals surface area contributed by atoms with Crippen molar-refractivity contribution in [2.24, 2.45) is 5.41 Å². The first-order chi connectivity index (χ1) is 13.5. The lowest BCUT2D eigenvalue weighted by atomic mass is 9.78. The van der Waals surface area contributed by atoms with Gasteiger partial charge in [-0.15, -0.1) is 0 Å². The fourth-order valence-electron chi connectivity index (χ4n) is 4.40. The number of methoxy groups -OCH3 is 2. The van der Waals surface area contributed by atoms with Gasteiger partial charge < -0.3 is 19.3 Å². The fraction of sp³-hybridized carbons (Fsp3) is 0.619. The highest BCUT2D eigenvalue weighted by Crippen LogP contribution is 2.41. The lowest BCUT2D eigenvalue weighted by molar-refractivity contribution is -0.146. The van der Waals surface area contributed by atoms with Gasteiger partial charge in [0.2, 0.25) is 11.8 Å². The zero-order valence-corrected chi connectivity index (χ0v) is 17.8. The van der Waals surface area contributed by atoms with E-state index in [9.17, 15) is 9.59 Å². The lowest BCUT2D eigenvalue weighted by Crippen LogP contribution is -2.50. The van der Waals surface area contributed by atoms with E-state index in [2.05, 4.69) is 0 Å². The summed E-state index contributed by atoms with van der Waals surface area (Å²) in [5.74, 6) is 2.52. The molecule has 0 aliphatic carbocycles. The van der Waals surface area contributed by atoms with Crippen LogP contribution >= 0.6 is 11.8 Å². The number of rotatable bonds is 7. The Balaban J connectivity index is 1.73. The summed E-state index contributed by atoms with van der Waals surface area (Å²) in [6.07, 6.45) is 5.15. The zero-order chi connectivity index (χ0) is 20.1. The van der Waals surface area contributed by atoms with Crippen LogP contribution in [0.1, 0.15) is 31.2 Å². The molecule has 154 valence electrons. The molecule has 2 aliphatic heterocycles. The monoisotopic (exact) mass is 406 g/mol. The van der Waals surface area contributed by atoms with Crippen LogP contribution in [0, 0.1) is 5.41 Å². The van der Waals surface area contributed by atoms with Crippen LogP contribution in [-0.2, 0) is 16.1 Å². The normalized spacial score (nSPS) is 22.0. The standard InChI is InChI=1S/C21H30N2O4S/c1-26-17-7-4-6-16(19(17)27-2)14-22-11-5-9-21(20(22)25)10-12-23(15-21)18(24)8-13-28-3/h4,6-7H,5,8-15H2,1-3H3. The summed E-state index contributed by atoms with van der Waals surface area (Å²) < 4.78 is 10.9. The van der Waals surface area contributed by atoms with Gasteiger partial charge in [-0.2, -0.15) is 11.8 Å². The van der Waals surface area contributed by atoms with Crippen molar-refractivity contribution in [3.8, 4) is 11.5 Å². The second-order valence-electron chi connectivity index (χ2n) is 7.57. The molecule has 2 amide bonds. The van der Waals surface area contributed by atoms with Crippen molar-refractivity contribution >= 4 is 23.6 Å². The molecular formula is C21H30N2O4S. The molecule has 7 heteroatoms. The molecule has 1 atom stereocenters. The van der Waals surface area contributed by atoms with Crippen LogP contribution in [0.15, 0.2) is 18.2 Å². The fourth-order valence-corrected chi connectivity index (χ4v) is 4.78. The number of carbonyl (C=O) groups excluding carboxylic acids is 2. The second-order valence-corrected chi connectivity index (χ2v) is 8.56. The molecule has 3 rings (SSSR count). The zero-order valence-electron chi connectivity index (χ0n) is 17.0. The number of likely N-dealkylation sites (tertiary alicyclic amines) is 2. The van der Waals surface area contributed by atoms with Crippen molar-refractivity contribution < 1.29 is 19.1 Å². The maximum absolute atomic E-state index is 13.4. The quantitative estimate of drug-likeness (QED) is 0.697. The number of para-hydroxylation sites is 1. The molecule has 1 aromatic rings. The summed E-state index contributed by atoms with van der Waals surface area (Å²) in [6, 6.07) is 5.75. The van der Waals surface area contributed by atoms with E-state index in [0.717, 1.165) is 37.1 Å². The molecule has 2 aliphatic rings. The van der Waals surface area contributed by atoms with Crippen molar-refractivity contribution in [1.29, 1.82) is 0 Å². The molecule has 6 nitrogen and oxygen atoms in total. The number of nitrogens with zero attached hydrogens (tertiary/aromatic N) is 2. The highest BCUT2D eigenvalue weighted by molar-refractivity contribution is 7.98. The Morgan fingerprint density at radius 2 is 2.04 bits per heavy atom. The van der Waals surface area contributed by atoms with Gasteiger partial charge in [0.25, 0.3) is 0 Å². The summed E-state index contributed by atoms with van der Waals surface area (Å²) in [5.41, 5.74) is 0.525. The van der Waals surface area contributed by atoms with Crippen molar-refractivity contribution in [3.05, 3.63) is 23.8 Å². The molecule has 1 unspecified atom stereocenters. The number of carbonyl (C=O) groups is 2. The van der Waals surface area contributed by atoms with Crippen LogP contribution in [0.25, 0.3) is 0 Å². The molecule has 28 heavy (non-hydrogen) atoms. The number of piperidine rings is 1. The molecule has 2 fully saturated rings. The van der Waals surface area contributed by atoms with Gasteiger partial charge in [-0.05, 0) is 31.6 Å². The summed E-state index contributed by atoms with van der Waals surface area (Å²) >= 11 is 1.68. The van der Waals surface area contributed by atoms with Crippen LogP contribution in [0.2, 0.25) is 0 Å². The first-order valence-corrected chi connectivity index (χ1v) is 11.2. The maximum Gasteiger partial charge on any atom is 0.230 e. The van der Waals surface area contributed by atoms with E-state index in [-0.39, 0.29) is 11.8 Å². The number of ether oxygens (including phenoxy) is 2. The molecule has 2 saturated heterocycles. The molecule has 0 bridgehead atoms. The van der Waals surface area contributed by atoms with Crippen LogP contribution in [0.4, 0.5) is 0 Å². The summed E-state index contributed by atoms with van der Waals surface area (Å²) in [7, 11) is 3.24. The second kappa shape index (κ2) is 9.07. The van der Waals surface area contributed by atoms with E-state index >= 15 is 0 Å². The number of benzene rings is 1. The molecule has 1 spiro atoms. The highest BCUT2D eigenvalue weighted by atomic mass is 32.2. The van der Waals surface area contributed by atoms with Crippen LogP contribution in [0.3, 0.4) is 0 Å². The number of amides is 2. The average molecular weight is 407 g/mol. The summed E-state index contributed by atoms with van der Waals surface area (Å²) in [5, 5.41) is 0. The van der Waals surface area contributed by atoms with Gasteiger partial charge in [-0.25, -0.2) is 0 Å². The minimum atomic E-state index is -0.417. The lowest BCUT2D eigenvalue weighted by Gasteiger charge is -2.39. The summed E-state index contributed by atoms with van der Waals surface area (Å²) in [4.78, 5) is 29.6. The smallest absolute Gasteiger partial charge is 0.230 e. The van der Waals surface area contributed by atoms with E-state index in [1.54, 1.807) is 26.0 Å². The SMILES string of the molecule is COc1cccc(CN2CCCC3(CCN(C(=O)CCSC)C3)C2=O)c1OC. The predicted molar refractivity (Wildman–Crippen MR) is 111 cm³/mol. The Labute approximate surface area is 171 Å². The van der Waals surface area contributed by atoms with E-state index in [1.165, 1.54) is 0 Å². The van der Waals surface area contributed by atoms with Crippen LogP contribution in [-0.4, -0.2) is 67.5 Å².